The second-order valence-corrected chi connectivity index (χ2v) is 5.32. The summed E-state index contributed by atoms with van der Waals surface area (Å²) in [5.74, 6) is 0.612. The molecule has 0 spiro atoms. The van der Waals surface area contributed by atoms with E-state index in [-0.39, 0.29) is 12.0 Å². The molecule has 17 heavy (non-hydrogen) atoms. The number of ether oxygens (including phenoxy) is 1. The van der Waals surface area contributed by atoms with Gasteiger partial charge in [-0.1, -0.05) is 0 Å². The molecule has 1 amide bonds. The molecule has 1 aliphatic carbocycles. The van der Waals surface area contributed by atoms with E-state index >= 15 is 0 Å². The molecular formula is C13H23NO3. The molecule has 0 aromatic rings. The Hall–Kier alpha value is -0.610. The number of hydrogen-bond donors (Lipinski definition) is 2. The summed E-state index contributed by atoms with van der Waals surface area (Å²) in [7, 11) is 0. The number of aliphatic hydroxyl groups excluding tert-OH is 1. The first kappa shape index (κ1) is 12.8. The zero-order chi connectivity index (χ0) is 12.1. The number of carbonyl (C=O) groups excluding carboxylic acids is 1. The third-order valence-electron chi connectivity index (χ3n) is 3.77. The summed E-state index contributed by atoms with van der Waals surface area (Å²) >= 11 is 0. The van der Waals surface area contributed by atoms with Crippen molar-refractivity contribution in [2.75, 3.05) is 13.2 Å². The lowest BCUT2D eigenvalue weighted by Crippen LogP contribution is -2.38. The Labute approximate surface area is 103 Å². The predicted octanol–water partition coefficient (Wildman–Crippen LogP) is 1.22. The SMILES string of the molecule is O=C(CCC1CCCCO1)NCC1CC(O)C1. The third-order valence-corrected chi connectivity index (χ3v) is 3.77. The van der Waals surface area contributed by atoms with Gasteiger partial charge in [0.25, 0.3) is 0 Å². The van der Waals surface area contributed by atoms with Crippen molar-refractivity contribution in [2.45, 2.75) is 57.2 Å². The fourth-order valence-electron chi connectivity index (χ4n) is 2.54. The van der Waals surface area contributed by atoms with Crippen molar-refractivity contribution >= 4 is 5.91 Å². The third kappa shape index (κ3) is 4.28. The molecule has 1 saturated heterocycles. The predicted molar refractivity (Wildman–Crippen MR) is 64.6 cm³/mol. The van der Waals surface area contributed by atoms with Crippen LogP contribution in [0.1, 0.15) is 44.9 Å². The molecule has 4 heteroatoms. The molecule has 2 fully saturated rings. The van der Waals surface area contributed by atoms with E-state index in [1.807, 2.05) is 0 Å². The van der Waals surface area contributed by atoms with E-state index in [0.29, 0.717) is 18.4 Å². The van der Waals surface area contributed by atoms with Crippen LogP contribution >= 0.6 is 0 Å². The molecule has 4 nitrogen and oxygen atoms in total. The lowest BCUT2D eigenvalue weighted by Gasteiger charge is -2.31. The zero-order valence-electron chi connectivity index (χ0n) is 10.4. The molecule has 0 aromatic heterocycles. The van der Waals surface area contributed by atoms with Crippen molar-refractivity contribution in [1.82, 2.24) is 5.32 Å². The summed E-state index contributed by atoms with van der Waals surface area (Å²) in [6, 6.07) is 0. The van der Waals surface area contributed by atoms with Gasteiger partial charge in [0, 0.05) is 19.6 Å². The highest BCUT2D eigenvalue weighted by Crippen LogP contribution is 2.26. The van der Waals surface area contributed by atoms with Crippen molar-refractivity contribution in [3.8, 4) is 0 Å². The van der Waals surface area contributed by atoms with Crippen molar-refractivity contribution in [1.29, 1.82) is 0 Å². The summed E-state index contributed by atoms with van der Waals surface area (Å²) < 4.78 is 5.59. The molecule has 0 bridgehead atoms. The maximum atomic E-state index is 11.6. The van der Waals surface area contributed by atoms with Crippen LogP contribution in [0, 0.1) is 5.92 Å². The molecule has 1 heterocycles. The molecule has 1 aliphatic heterocycles. The normalized spacial score (nSPS) is 32.9. The van der Waals surface area contributed by atoms with Crippen LogP contribution in [-0.2, 0) is 9.53 Å². The molecule has 1 atom stereocenters. The van der Waals surface area contributed by atoms with Gasteiger partial charge in [0.05, 0.1) is 12.2 Å². The van der Waals surface area contributed by atoms with Gasteiger partial charge >= 0.3 is 0 Å². The lowest BCUT2D eigenvalue weighted by molar-refractivity contribution is -0.122. The Morgan fingerprint density at radius 2 is 2.18 bits per heavy atom. The fourth-order valence-corrected chi connectivity index (χ4v) is 2.54. The minimum atomic E-state index is -0.132. The quantitative estimate of drug-likeness (QED) is 0.761. The van der Waals surface area contributed by atoms with Gasteiger partial charge in [-0.05, 0) is 44.4 Å². The number of amides is 1. The van der Waals surface area contributed by atoms with Gasteiger partial charge in [-0.25, -0.2) is 0 Å². The van der Waals surface area contributed by atoms with Gasteiger partial charge in [0.15, 0.2) is 0 Å². The smallest absolute Gasteiger partial charge is 0.220 e. The largest absolute Gasteiger partial charge is 0.393 e. The van der Waals surface area contributed by atoms with Crippen LogP contribution in [0.15, 0.2) is 0 Å². The summed E-state index contributed by atoms with van der Waals surface area (Å²) in [6.45, 7) is 1.58. The molecule has 1 saturated carbocycles. The minimum absolute atomic E-state index is 0.126. The van der Waals surface area contributed by atoms with Gasteiger partial charge in [0.1, 0.15) is 0 Å². The van der Waals surface area contributed by atoms with E-state index in [1.54, 1.807) is 0 Å². The first-order valence-electron chi connectivity index (χ1n) is 6.80. The van der Waals surface area contributed by atoms with Gasteiger partial charge < -0.3 is 15.2 Å². The van der Waals surface area contributed by atoms with E-state index in [0.717, 1.165) is 45.3 Å². The molecule has 2 N–H and O–H groups in total. The summed E-state index contributed by atoms with van der Waals surface area (Å²) in [6.07, 6.45) is 6.74. The van der Waals surface area contributed by atoms with E-state index in [9.17, 15) is 4.79 Å². The Balaban J connectivity index is 1.51. The van der Waals surface area contributed by atoms with Crippen LogP contribution in [0.3, 0.4) is 0 Å². The summed E-state index contributed by atoms with van der Waals surface area (Å²) in [4.78, 5) is 11.6. The van der Waals surface area contributed by atoms with E-state index in [4.69, 9.17) is 9.84 Å². The van der Waals surface area contributed by atoms with Gasteiger partial charge in [-0.15, -0.1) is 0 Å². The van der Waals surface area contributed by atoms with E-state index in [2.05, 4.69) is 5.32 Å². The van der Waals surface area contributed by atoms with Crippen LogP contribution in [0.5, 0.6) is 0 Å². The number of nitrogens with one attached hydrogen (secondary N) is 1. The topological polar surface area (TPSA) is 58.6 Å². The molecular weight excluding hydrogens is 218 g/mol. The summed E-state index contributed by atoms with van der Waals surface area (Å²) in [5.41, 5.74) is 0. The van der Waals surface area contributed by atoms with Crippen LogP contribution < -0.4 is 5.32 Å². The maximum absolute atomic E-state index is 11.6. The standard InChI is InChI=1S/C13H23NO3/c15-11-7-10(8-11)9-14-13(16)5-4-12-3-1-2-6-17-12/h10-12,15H,1-9H2,(H,14,16). The maximum Gasteiger partial charge on any atom is 0.220 e. The molecule has 1 unspecified atom stereocenters. The number of carbonyl (C=O) groups is 1. The fraction of sp³-hybridized carbons (Fsp3) is 0.923. The van der Waals surface area contributed by atoms with Crippen LogP contribution in [0.25, 0.3) is 0 Å². The van der Waals surface area contributed by atoms with Crippen LogP contribution in [0.2, 0.25) is 0 Å². The highest BCUT2D eigenvalue weighted by atomic mass is 16.5. The molecule has 2 rings (SSSR count). The average molecular weight is 241 g/mol. The lowest BCUT2D eigenvalue weighted by atomic mass is 9.82. The first-order valence-corrected chi connectivity index (χ1v) is 6.80. The van der Waals surface area contributed by atoms with E-state index < -0.39 is 0 Å². The molecule has 0 aromatic carbocycles. The van der Waals surface area contributed by atoms with Gasteiger partial charge in [-0.3, -0.25) is 4.79 Å². The Bertz CT molecular complexity index is 245. The second kappa shape index (κ2) is 6.36. The Kier molecular flexibility index (Phi) is 4.80. The Morgan fingerprint density at radius 1 is 1.35 bits per heavy atom. The van der Waals surface area contributed by atoms with Crippen molar-refractivity contribution in [3.05, 3.63) is 0 Å². The number of rotatable bonds is 5. The average Bonchev–Trinajstić information content (AvgIpc) is 2.32. The van der Waals surface area contributed by atoms with Gasteiger partial charge in [0.2, 0.25) is 5.91 Å². The number of hydrogen-bond acceptors (Lipinski definition) is 3. The molecule has 2 aliphatic rings. The molecule has 98 valence electrons. The van der Waals surface area contributed by atoms with E-state index in [1.165, 1.54) is 6.42 Å². The highest BCUT2D eigenvalue weighted by molar-refractivity contribution is 5.75. The summed E-state index contributed by atoms with van der Waals surface area (Å²) in [5, 5.41) is 12.1. The zero-order valence-corrected chi connectivity index (χ0v) is 10.4. The van der Waals surface area contributed by atoms with Gasteiger partial charge in [-0.2, -0.15) is 0 Å². The monoisotopic (exact) mass is 241 g/mol. The number of aliphatic hydroxyl groups is 1. The minimum Gasteiger partial charge on any atom is -0.393 e. The van der Waals surface area contributed by atoms with Crippen molar-refractivity contribution < 1.29 is 14.6 Å². The van der Waals surface area contributed by atoms with Crippen molar-refractivity contribution in [2.24, 2.45) is 5.92 Å². The second-order valence-electron chi connectivity index (χ2n) is 5.32. The highest BCUT2D eigenvalue weighted by Gasteiger charge is 2.27. The van der Waals surface area contributed by atoms with Crippen LogP contribution in [-0.4, -0.2) is 36.4 Å². The van der Waals surface area contributed by atoms with Crippen molar-refractivity contribution in [3.63, 3.8) is 0 Å². The Morgan fingerprint density at radius 3 is 2.82 bits per heavy atom. The molecule has 0 radical (unpaired) electrons. The first-order chi connectivity index (χ1) is 8.24. The van der Waals surface area contributed by atoms with Crippen LogP contribution in [0.4, 0.5) is 0 Å².